The van der Waals surface area contributed by atoms with Crippen LogP contribution in [-0.2, 0) is 0 Å². The lowest BCUT2D eigenvalue weighted by Crippen LogP contribution is -2.35. The second-order valence-corrected chi connectivity index (χ2v) is 8.54. The maximum atomic E-state index is 11.4. The molecule has 1 atom stereocenters. The first kappa shape index (κ1) is 20.5. The van der Waals surface area contributed by atoms with Gasteiger partial charge in [-0.3, -0.25) is 0 Å². The molecule has 1 aromatic heterocycles. The topological polar surface area (TPSA) is 70.7 Å². The SMILES string of the molecule is Cc1ccccc1-n1nc(C)c2c1N=C1C(Cl)=CC(Cl)=CN1[C@H]2c1ccc(C(=O)O)cc1. The van der Waals surface area contributed by atoms with Gasteiger partial charge in [0.15, 0.2) is 11.7 Å². The number of para-hydroxylation sites is 1. The van der Waals surface area contributed by atoms with Gasteiger partial charge < -0.3 is 10.0 Å². The Kier molecular flexibility index (Phi) is 4.92. The first-order chi connectivity index (χ1) is 15.3. The van der Waals surface area contributed by atoms with Crippen molar-refractivity contribution in [2.45, 2.75) is 19.9 Å². The minimum Gasteiger partial charge on any atom is -0.478 e. The molecule has 0 aliphatic carbocycles. The first-order valence-electron chi connectivity index (χ1n) is 9.96. The highest BCUT2D eigenvalue weighted by atomic mass is 35.5. The van der Waals surface area contributed by atoms with Gasteiger partial charge in [0.25, 0.3) is 0 Å². The van der Waals surface area contributed by atoms with Crippen molar-refractivity contribution in [3.8, 4) is 5.69 Å². The number of fused-ring (bicyclic) bond motifs is 2. The number of aryl methyl sites for hydroxylation is 2. The van der Waals surface area contributed by atoms with E-state index in [-0.39, 0.29) is 11.6 Å². The van der Waals surface area contributed by atoms with Gasteiger partial charge in [-0.1, -0.05) is 53.5 Å². The molecule has 160 valence electrons. The van der Waals surface area contributed by atoms with E-state index in [1.54, 1.807) is 36.5 Å². The molecule has 2 aliphatic rings. The van der Waals surface area contributed by atoms with Gasteiger partial charge in [0, 0.05) is 11.8 Å². The normalized spacial score (nSPS) is 17.2. The van der Waals surface area contributed by atoms with E-state index in [9.17, 15) is 9.90 Å². The van der Waals surface area contributed by atoms with Crippen LogP contribution in [0.25, 0.3) is 5.69 Å². The molecule has 0 saturated carbocycles. The number of carboxylic acids is 1. The number of aliphatic imine (C=N–C) groups is 1. The van der Waals surface area contributed by atoms with Crippen LogP contribution in [0.3, 0.4) is 0 Å². The Balaban J connectivity index is 1.77. The molecule has 32 heavy (non-hydrogen) atoms. The maximum absolute atomic E-state index is 11.4. The van der Waals surface area contributed by atoms with Crippen LogP contribution < -0.4 is 0 Å². The van der Waals surface area contributed by atoms with Crippen molar-refractivity contribution in [2.75, 3.05) is 0 Å². The molecule has 3 aromatic rings. The number of nitrogens with zero attached hydrogens (tertiary/aromatic N) is 4. The van der Waals surface area contributed by atoms with Crippen LogP contribution >= 0.6 is 23.2 Å². The van der Waals surface area contributed by atoms with E-state index in [1.165, 1.54) is 0 Å². The summed E-state index contributed by atoms with van der Waals surface area (Å²) in [5.74, 6) is 0.275. The summed E-state index contributed by atoms with van der Waals surface area (Å²) in [6.07, 6.45) is 3.45. The fourth-order valence-electron chi connectivity index (χ4n) is 4.15. The van der Waals surface area contributed by atoms with Crippen molar-refractivity contribution >= 4 is 40.8 Å². The Hall–Kier alpha value is -3.35. The predicted octanol–water partition coefficient (Wildman–Crippen LogP) is 5.84. The molecule has 0 spiro atoms. The largest absolute Gasteiger partial charge is 0.478 e. The molecule has 2 aliphatic heterocycles. The second kappa shape index (κ2) is 7.65. The van der Waals surface area contributed by atoms with E-state index in [0.29, 0.717) is 21.7 Å². The molecular weight excluding hydrogens is 447 g/mol. The van der Waals surface area contributed by atoms with Crippen molar-refractivity contribution in [2.24, 2.45) is 4.99 Å². The summed E-state index contributed by atoms with van der Waals surface area (Å²) in [7, 11) is 0. The predicted molar refractivity (Wildman–Crippen MR) is 125 cm³/mol. The van der Waals surface area contributed by atoms with Crippen molar-refractivity contribution < 1.29 is 9.90 Å². The molecule has 0 radical (unpaired) electrons. The van der Waals surface area contributed by atoms with Crippen LogP contribution in [0, 0.1) is 13.8 Å². The Morgan fingerprint density at radius 3 is 2.47 bits per heavy atom. The number of amidine groups is 1. The van der Waals surface area contributed by atoms with Gasteiger partial charge in [0.1, 0.15) is 0 Å². The molecule has 0 saturated heterocycles. The van der Waals surface area contributed by atoms with Crippen molar-refractivity contribution in [1.29, 1.82) is 0 Å². The molecule has 0 amide bonds. The van der Waals surface area contributed by atoms with Crippen LogP contribution in [0.2, 0.25) is 0 Å². The first-order valence-corrected chi connectivity index (χ1v) is 10.7. The number of allylic oxidation sites excluding steroid dienone is 2. The fraction of sp³-hybridized carbons (Fsp3) is 0.125. The molecule has 1 N–H and O–H groups in total. The highest BCUT2D eigenvalue weighted by molar-refractivity contribution is 6.45. The van der Waals surface area contributed by atoms with Crippen molar-refractivity contribution in [1.82, 2.24) is 14.7 Å². The zero-order valence-corrected chi connectivity index (χ0v) is 18.8. The van der Waals surface area contributed by atoms with E-state index >= 15 is 0 Å². The van der Waals surface area contributed by atoms with Gasteiger partial charge in [0.05, 0.1) is 33.1 Å². The Labute approximate surface area is 194 Å². The molecule has 0 unspecified atom stereocenters. The lowest BCUT2D eigenvalue weighted by atomic mass is 9.94. The summed E-state index contributed by atoms with van der Waals surface area (Å²) in [5.41, 5.74) is 4.81. The number of halogens is 2. The summed E-state index contributed by atoms with van der Waals surface area (Å²) in [5, 5.41) is 15.0. The monoisotopic (exact) mass is 464 g/mol. The van der Waals surface area contributed by atoms with Gasteiger partial charge in [-0.25, -0.2) is 14.5 Å². The van der Waals surface area contributed by atoms with Crippen LogP contribution in [0.5, 0.6) is 0 Å². The second-order valence-electron chi connectivity index (χ2n) is 7.70. The van der Waals surface area contributed by atoms with E-state index in [2.05, 4.69) is 0 Å². The van der Waals surface area contributed by atoms with Crippen molar-refractivity contribution in [3.63, 3.8) is 0 Å². The van der Waals surface area contributed by atoms with Crippen molar-refractivity contribution in [3.05, 3.63) is 98.8 Å². The molecule has 5 rings (SSSR count). The number of carboxylic acid groups (broad SMARTS) is 1. The van der Waals surface area contributed by atoms with E-state index in [1.807, 2.05) is 47.7 Å². The summed E-state index contributed by atoms with van der Waals surface area (Å²) in [6.45, 7) is 3.97. The average Bonchev–Trinajstić information content (AvgIpc) is 3.09. The number of rotatable bonds is 3. The Morgan fingerprint density at radius 1 is 1.06 bits per heavy atom. The third-order valence-corrected chi connectivity index (χ3v) is 6.13. The summed E-state index contributed by atoms with van der Waals surface area (Å²) < 4.78 is 1.84. The Morgan fingerprint density at radius 2 is 1.78 bits per heavy atom. The number of benzene rings is 2. The molecule has 6 nitrogen and oxygen atoms in total. The van der Waals surface area contributed by atoms with E-state index in [0.717, 1.165) is 28.1 Å². The molecular formula is C24H18Cl2N4O2. The zero-order chi connectivity index (χ0) is 22.6. The van der Waals surface area contributed by atoms with E-state index in [4.69, 9.17) is 33.3 Å². The van der Waals surface area contributed by atoms with Crippen LogP contribution in [0.15, 0.2) is 75.9 Å². The number of aromatic nitrogens is 2. The highest BCUT2D eigenvalue weighted by Gasteiger charge is 2.37. The quantitative estimate of drug-likeness (QED) is 0.528. The third kappa shape index (κ3) is 3.23. The van der Waals surface area contributed by atoms with Gasteiger partial charge in [-0.2, -0.15) is 5.10 Å². The third-order valence-electron chi connectivity index (χ3n) is 5.65. The number of hydrogen-bond donors (Lipinski definition) is 1. The molecule has 3 heterocycles. The van der Waals surface area contributed by atoms with Crippen LogP contribution in [0.4, 0.5) is 5.82 Å². The lowest BCUT2D eigenvalue weighted by Gasteiger charge is -2.37. The molecule has 0 bridgehead atoms. The average molecular weight is 465 g/mol. The smallest absolute Gasteiger partial charge is 0.335 e. The summed E-state index contributed by atoms with van der Waals surface area (Å²) in [6, 6.07) is 14.4. The number of carbonyl (C=O) groups is 1. The standard InChI is InChI=1S/C24H18Cl2N4O2/c1-13-5-3-4-6-19(13)30-23-20(14(2)28-30)21(15-7-9-16(10-8-15)24(31)32)29-12-17(25)11-18(26)22(29)27-23/h3-12,21H,1-2H3,(H,31,32)/t21-/m0/s1. The lowest BCUT2D eigenvalue weighted by molar-refractivity contribution is 0.0697. The molecule has 2 aromatic carbocycles. The Bertz CT molecular complexity index is 1350. The summed E-state index contributed by atoms with van der Waals surface area (Å²) in [4.78, 5) is 18.2. The van der Waals surface area contributed by atoms with Gasteiger partial charge in [0.2, 0.25) is 0 Å². The zero-order valence-electron chi connectivity index (χ0n) is 17.3. The maximum Gasteiger partial charge on any atom is 0.335 e. The van der Waals surface area contributed by atoms with E-state index < -0.39 is 5.97 Å². The molecule has 8 heteroatoms. The van der Waals surface area contributed by atoms with Crippen LogP contribution in [0.1, 0.15) is 38.8 Å². The minimum absolute atomic E-state index is 0.219. The fourth-order valence-corrected chi connectivity index (χ4v) is 4.67. The number of aromatic carboxylic acids is 1. The molecule has 0 fully saturated rings. The minimum atomic E-state index is -0.974. The summed E-state index contributed by atoms with van der Waals surface area (Å²) >= 11 is 12.9. The van der Waals surface area contributed by atoms with Gasteiger partial charge in [-0.15, -0.1) is 0 Å². The number of hydrogen-bond acceptors (Lipinski definition) is 4. The van der Waals surface area contributed by atoms with Gasteiger partial charge in [-0.05, 0) is 49.2 Å². The van der Waals surface area contributed by atoms with Crippen LogP contribution in [-0.4, -0.2) is 31.6 Å². The highest BCUT2D eigenvalue weighted by Crippen LogP contribution is 2.45. The van der Waals surface area contributed by atoms with Gasteiger partial charge >= 0.3 is 5.97 Å².